The number of rotatable bonds is 4. The van der Waals surface area contributed by atoms with Crippen molar-refractivity contribution < 1.29 is 27.6 Å². The summed E-state index contributed by atoms with van der Waals surface area (Å²) in [5.41, 5.74) is 0.460. The van der Waals surface area contributed by atoms with Gasteiger partial charge in [0.1, 0.15) is 5.75 Å². The summed E-state index contributed by atoms with van der Waals surface area (Å²) >= 11 is 0. The van der Waals surface area contributed by atoms with Crippen LogP contribution in [0.3, 0.4) is 0 Å². The molecule has 15 heavy (non-hydrogen) atoms. The fraction of sp³-hybridized carbons (Fsp3) is 0.250. The molecule has 1 aromatic rings. The molecule has 3 nitrogen and oxygen atoms in total. The number of ether oxygens (including phenoxy) is 1. The third kappa shape index (κ3) is 4.71. The average Bonchev–Trinajstić information content (AvgIpc) is 2.12. The van der Waals surface area contributed by atoms with E-state index in [1.54, 1.807) is 6.07 Å². The number of hydrogen-bond donors (Lipinski definition) is 1. The quantitative estimate of drug-likeness (QED) is 0.782. The Morgan fingerprint density at radius 3 is 2.67 bits per heavy atom. The van der Waals surface area contributed by atoms with Crippen LogP contribution in [0.15, 0.2) is 24.3 Å². The van der Waals surface area contributed by atoms with E-state index in [2.05, 4.69) is 9.39 Å². The van der Waals surface area contributed by atoms with Crippen LogP contribution in [0.5, 0.6) is 5.75 Å². The highest BCUT2D eigenvalue weighted by Crippen LogP contribution is 2.23. The first kappa shape index (κ1) is 11.9. The van der Waals surface area contributed by atoms with Crippen LogP contribution in [0.2, 0.25) is 0 Å². The van der Waals surface area contributed by atoms with E-state index >= 15 is 0 Å². The van der Waals surface area contributed by atoms with E-state index in [1.807, 2.05) is 0 Å². The molecule has 1 radical (unpaired) electrons. The predicted octanol–water partition coefficient (Wildman–Crippen LogP) is 1.63. The Morgan fingerprint density at radius 2 is 2.07 bits per heavy atom. The minimum atomic E-state index is -4.71. The molecule has 81 valence electrons. The lowest BCUT2D eigenvalue weighted by molar-refractivity contribution is -0.274. The molecule has 0 unspecified atom stereocenters. The van der Waals surface area contributed by atoms with E-state index in [4.69, 9.17) is 5.02 Å². The normalized spacial score (nSPS) is 11.2. The van der Waals surface area contributed by atoms with E-state index in [0.717, 1.165) is 0 Å². The first-order chi connectivity index (χ1) is 7.01. The second kappa shape index (κ2) is 5.04. The molecule has 0 saturated carbocycles. The highest BCUT2D eigenvalue weighted by atomic mass is 19.4. The molecule has 1 aromatic carbocycles. The minimum absolute atomic E-state index is 0.0223. The van der Waals surface area contributed by atoms with Gasteiger partial charge in [-0.05, 0) is 17.7 Å². The van der Waals surface area contributed by atoms with Crippen LogP contribution in [-0.2, 0) is 11.3 Å². The first-order valence-electron chi connectivity index (χ1n) is 3.93. The molecular weight excluding hydrogens is 212 g/mol. The lowest BCUT2D eigenvalue weighted by atomic mass is 10.2. The van der Waals surface area contributed by atoms with Crippen molar-refractivity contribution in [3.05, 3.63) is 29.8 Å². The summed E-state index contributed by atoms with van der Waals surface area (Å²) in [6.45, 7) is -0.0223. The molecule has 0 saturated heterocycles. The Balaban J connectivity index is 2.66. The minimum Gasteiger partial charge on any atom is -0.429 e. The smallest absolute Gasteiger partial charge is 0.429 e. The van der Waals surface area contributed by atoms with Crippen LogP contribution in [0.4, 0.5) is 13.2 Å². The zero-order chi connectivity index (χ0) is 11.3. The van der Waals surface area contributed by atoms with E-state index in [9.17, 15) is 13.2 Å². The zero-order valence-corrected chi connectivity index (χ0v) is 7.49. The number of benzene rings is 1. The zero-order valence-electron chi connectivity index (χ0n) is 7.49. The van der Waals surface area contributed by atoms with Gasteiger partial charge in [-0.15, -0.1) is 13.2 Å². The molecule has 0 aromatic heterocycles. The molecule has 0 spiro atoms. The Kier molecular flexibility index (Phi) is 3.99. The largest absolute Gasteiger partial charge is 0.573 e. The Bertz CT molecular complexity index is 316. The Morgan fingerprint density at radius 1 is 1.33 bits per heavy atom. The summed E-state index contributed by atoms with van der Waals surface area (Å²) in [4.78, 5) is 0. The van der Waals surface area contributed by atoms with Crippen LogP contribution >= 0.6 is 0 Å². The van der Waals surface area contributed by atoms with Crippen molar-refractivity contribution in [2.75, 3.05) is 0 Å². The van der Waals surface area contributed by atoms with Gasteiger partial charge in [0.25, 0.3) is 0 Å². The maximum Gasteiger partial charge on any atom is 0.573 e. The SMILES string of the molecule is O[B]OCc1cccc(OC(F)(F)F)c1. The number of alkyl halides is 3. The van der Waals surface area contributed by atoms with Crippen LogP contribution in [0.1, 0.15) is 5.56 Å². The number of halogens is 3. The van der Waals surface area contributed by atoms with Crippen molar-refractivity contribution in [2.45, 2.75) is 13.0 Å². The number of hydrogen-bond acceptors (Lipinski definition) is 3. The fourth-order valence-electron chi connectivity index (χ4n) is 0.966. The van der Waals surface area contributed by atoms with Crippen molar-refractivity contribution in [1.29, 1.82) is 0 Å². The molecule has 0 fully saturated rings. The molecule has 1 rings (SSSR count). The van der Waals surface area contributed by atoms with Gasteiger partial charge >= 0.3 is 14.0 Å². The highest BCUT2D eigenvalue weighted by molar-refractivity contribution is 6.15. The molecule has 0 aliphatic rings. The predicted molar refractivity (Wildman–Crippen MR) is 45.9 cm³/mol. The second-order valence-corrected chi connectivity index (χ2v) is 2.61. The van der Waals surface area contributed by atoms with Crippen LogP contribution in [0.25, 0.3) is 0 Å². The van der Waals surface area contributed by atoms with Gasteiger partial charge in [-0.25, -0.2) is 0 Å². The monoisotopic (exact) mass is 219 g/mol. The van der Waals surface area contributed by atoms with E-state index in [0.29, 0.717) is 13.2 Å². The van der Waals surface area contributed by atoms with E-state index < -0.39 is 6.36 Å². The van der Waals surface area contributed by atoms with Crippen molar-refractivity contribution in [2.24, 2.45) is 0 Å². The summed E-state index contributed by atoms with van der Waals surface area (Å²) in [5.74, 6) is -0.318. The highest BCUT2D eigenvalue weighted by Gasteiger charge is 2.31. The summed E-state index contributed by atoms with van der Waals surface area (Å²) in [5, 5.41) is 8.22. The summed E-state index contributed by atoms with van der Waals surface area (Å²) < 4.78 is 43.7. The lowest BCUT2D eigenvalue weighted by Gasteiger charge is -2.09. The second-order valence-electron chi connectivity index (χ2n) is 2.61. The maximum absolute atomic E-state index is 11.8. The van der Waals surface area contributed by atoms with Gasteiger partial charge in [0, 0.05) is 0 Å². The van der Waals surface area contributed by atoms with Gasteiger partial charge in [0.2, 0.25) is 0 Å². The van der Waals surface area contributed by atoms with Gasteiger partial charge in [0.15, 0.2) is 0 Å². The van der Waals surface area contributed by atoms with Crippen LogP contribution < -0.4 is 4.74 Å². The fourth-order valence-corrected chi connectivity index (χ4v) is 0.966. The van der Waals surface area contributed by atoms with E-state index in [-0.39, 0.29) is 12.4 Å². The maximum atomic E-state index is 11.8. The summed E-state index contributed by atoms with van der Waals surface area (Å²) in [6.07, 6.45) is -4.71. The van der Waals surface area contributed by atoms with Gasteiger partial charge in [-0.3, -0.25) is 0 Å². The third-order valence-electron chi connectivity index (χ3n) is 1.46. The topological polar surface area (TPSA) is 38.7 Å². The Hall–Kier alpha value is -1.21. The molecule has 0 heterocycles. The standard InChI is InChI=1S/C8H7BF3O3/c10-8(11,12)15-7-3-1-2-6(4-7)5-14-9-13/h1-4,13H,5H2. The molecule has 0 aliphatic heterocycles. The van der Waals surface area contributed by atoms with Gasteiger partial charge in [-0.1, -0.05) is 12.1 Å². The molecule has 0 amide bonds. The average molecular weight is 219 g/mol. The first-order valence-corrected chi connectivity index (χ1v) is 3.93. The molecule has 7 heteroatoms. The summed E-state index contributed by atoms with van der Waals surface area (Å²) in [6, 6.07) is 5.31. The molecular formula is C8H7BF3O3. The van der Waals surface area contributed by atoms with Crippen molar-refractivity contribution in [3.63, 3.8) is 0 Å². The van der Waals surface area contributed by atoms with Gasteiger partial charge in [0.05, 0.1) is 6.61 Å². The lowest BCUT2D eigenvalue weighted by Crippen LogP contribution is -2.17. The van der Waals surface area contributed by atoms with Crippen LogP contribution in [-0.4, -0.2) is 19.1 Å². The van der Waals surface area contributed by atoms with Gasteiger partial charge in [-0.2, -0.15) is 0 Å². The molecule has 0 atom stereocenters. The van der Waals surface area contributed by atoms with Crippen LogP contribution in [0, 0.1) is 0 Å². The van der Waals surface area contributed by atoms with E-state index in [1.165, 1.54) is 18.2 Å². The summed E-state index contributed by atoms with van der Waals surface area (Å²) in [7, 11) is 0.470. The molecule has 1 N–H and O–H groups in total. The third-order valence-corrected chi connectivity index (χ3v) is 1.46. The van der Waals surface area contributed by atoms with Gasteiger partial charge < -0.3 is 14.4 Å². The van der Waals surface area contributed by atoms with Crippen molar-refractivity contribution in [3.8, 4) is 5.75 Å². The van der Waals surface area contributed by atoms with Crippen molar-refractivity contribution >= 4 is 7.69 Å². The molecule has 0 aliphatic carbocycles. The van der Waals surface area contributed by atoms with Crippen molar-refractivity contribution in [1.82, 2.24) is 0 Å². The Labute approximate surface area is 84.7 Å². The molecule has 0 bridgehead atoms.